The van der Waals surface area contributed by atoms with Crippen molar-refractivity contribution < 1.29 is 4.74 Å². The molecule has 0 N–H and O–H groups in total. The van der Waals surface area contributed by atoms with E-state index in [0.717, 1.165) is 31.7 Å². The van der Waals surface area contributed by atoms with Gasteiger partial charge in [0.2, 0.25) is 0 Å². The van der Waals surface area contributed by atoms with Crippen molar-refractivity contribution in [3.05, 3.63) is 73.3 Å². The van der Waals surface area contributed by atoms with E-state index in [-0.39, 0.29) is 12.4 Å². The van der Waals surface area contributed by atoms with E-state index >= 15 is 0 Å². The Hall–Kier alpha value is -2.26. The molecule has 0 saturated heterocycles. The van der Waals surface area contributed by atoms with Gasteiger partial charge in [0.15, 0.2) is 0 Å². The van der Waals surface area contributed by atoms with Crippen LogP contribution in [-0.2, 0) is 6.54 Å². The third-order valence-corrected chi connectivity index (χ3v) is 3.85. The predicted molar refractivity (Wildman–Crippen MR) is 101 cm³/mol. The molecular weight excluding hydrogens is 320 g/mol. The van der Waals surface area contributed by atoms with Gasteiger partial charge in [0.1, 0.15) is 5.75 Å². The lowest BCUT2D eigenvalue weighted by atomic mass is 10.1. The van der Waals surface area contributed by atoms with E-state index in [0.29, 0.717) is 0 Å². The summed E-state index contributed by atoms with van der Waals surface area (Å²) in [6, 6.07) is 18.7. The zero-order valence-corrected chi connectivity index (χ0v) is 14.5. The van der Waals surface area contributed by atoms with Gasteiger partial charge >= 0.3 is 0 Å². The maximum Gasteiger partial charge on any atom is 0.119 e. The summed E-state index contributed by atoms with van der Waals surface area (Å²) in [5.41, 5.74) is 2.46. The Morgan fingerprint density at radius 1 is 0.833 bits per heavy atom. The second kappa shape index (κ2) is 9.78. The van der Waals surface area contributed by atoms with Crippen molar-refractivity contribution in [3.63, 3.8) is 0 Å². The van der Waals surface area contributed by atoms with Crippen LogP contribution in [0.4, 0.5) is 0 Å². The van der Waals surface area contributed by atoms with Crippen LogP contribution in [0.3, 0.4) is 0 Å². The molecular formula is C20H23ClN2O. The van der Waals surface area contributed by atoms with E-state index < -0.39 is 0 Å². The number of hydrogen-bond donors (Lipinski definition) is 0. The summed E-state index contributed by atoms with van der Waals surface area (Å²) in [6.07, 6.45) is 9.10. The summed E-state index contributed by atoms with van der Waals surface area (Å²) >= 11 is 0. The Bertz CT molecular complexity index is 681. The van der Waals surface area contributed by atoms with E-state index in [1.165, 1.54) is 17.5 Å². The van der Waals surface area contributed by atoms with Crippen molar-refractivity contribution in [2.45, 2.75) is 25.8 Å². The third-order valence-electron chi connectivity index (χ3n) is 3.85. The first-order chi connectivity index (χ1) is 11.4. The molecule has 0 radical (unpaired) electrons. The number of ether oxygens (including phenoxy) is 1. The maximum atomic E-state index is 5.82. The highest BCUT2D eigenvalue weighted by atomic mass is 35.5. The molecule has 1 aromatic heterocycles. The van der Waals surface area contributed by atoms with Crippen LogP contribution in [0.25, 0.3) is 11.1 Å². The van der Waals surface area contributed by atoms with Gasteiger partial charge in [-0.3, -0.25) is 0 Å². The van der Waals surface area contributed by atoms with Gasteiger partial charge in [-0.1, -0.05) is 42.5 Å². The zero-order valence-electron chi connectivity index (χ0n) is 13.7. The highest BCUT2D eigenvalue weighted by Crippen LogP contribution is 2.22. The fourth-order valence-corrected chi connectivity index (χ4v) is 2.56. The lowest BCUT2D eigenvalue weighted by molar-refractivity contribution is 0.304. The lowest BCUT2D eigenvalue weighted by Crippen LogP contribution is -1.99. The summed E-state index contributed by atoms with van der Waals surface area (Å²) in [5.74, 6) is 0.944. The molecule has 0 saturated carbocycles. The molecule has 3 rings (SSSR count). The number of unbranched alkanes of at least 4 members (excludes halogenated alkanes) is 2. The Morgan fingerprint density at radius 2 is 1.58 bits per heavy atom. The van der Waals surface area contributed by atoms with Crippen molar-refractivity contribution in [2.75, 3.05) is 6.61 Å². The van der Waals surface area contributed by atoms with Gasteiger partial charge in [-0.2, -0.15) is 0 Å². The molecule has 126 valence electrons. The molecule has 3 aromatic rings. The second-order valence-corrected chi connectivity index (χ2v) is 5.60. The fourth-order valence-electron chi connectivity index (χ4n) is 2.56. The molecule has 0 fully saturated rings. The predicted octanol–water partition coefficient (Wildman–Crippen LogP) is 5.22. The zero-order chi connectivity index (χ0) is 15.7. The number of imidazole rings is 1. The van der Waals surface area contributed by atoms with Crippen molar-refractivity contribution in [2.24, 2.45) is 0 Å². The van der Waals surface area contributed by atoms with E-state index in [4.69, 9.17) is 4.74 Å². The van der Waals surface area contributed by atoms with Crippen molar-refractivity contribution in [1.82, 2.24) is 9.55 Å². The molecule has 0 bridgehead atoms. The Morgan fingerprint density at radius 3 is 2.29 bits per heavy atom. The number of aromatic nitrogens is 2. The Labute approximate surface area is 149 Å². The average Bonchev–Trinajstić information content (AvgIpc) is 3.13. The molecule has 0 amide bonds. The number of aryl methyl sites for hydroxylation is 1. The van der Waals surface area contributed by atoms with Gasteiger partial charge in [0, 0.05) is 18.9 Å². The largest absolute Gasteiger partial charge is 0.494 e. The van der Waals surface area contributed by atoms with Gasteiger partial charge < -0.3 is 9.30 Å². The van der Waals surface area contributed by atoms with Crippen molar-refractivity contribution in [1.29, 1.82) is 0 Å². The molecule has 3 nitrogen and oxygen atoms in total. The average molecular weight is 343 g/mol. The Kier molecular flexibility index (Phi) is 7.37. The van der Waals surface area contributed by atoms with Gasteiger partial charge in [0.05, 0.1) is 12.9 Å². The molecule has 0 aliphatic heterocycles. The number of benzene rings is 2. The van der Waals surface area contributed by atoms with Crippen LogP contribution in [0.15, 0.2) is 73.3 Å². The number of nitrogens with zero attached hydrogens (tertiary/aromatic N) is 2. The standard InChI is InChI=1S/C20H22N2O.ClH/c1-3-7-18(8-4-1)19-9-11-20(12-10-19)23-16-6-2-5-14-22-15-13-21-17-22;/h1,3-4,7-13,15,17H,2,5-6,14,16H2;1H. The lowest BCUT2D eigenvalue weighted by Gasteiger charge is -2.08. The first-order valence-corrected chi connectivity index (χ1v) is 8.16. The summed E-state index contributed by atoms with van der Waals surface area (Å²) in [4.78, 5) is 4.04. The van der Waals surface area contributed by atoms with Gasteiger partial charge in [0.25, 0.3) is 0 Å². The van der Waals surface area contributed by atoms with Crippen LogP contribution in [0.5, 0.6) is 5.75 Å². The van der Waals surface area contributed by atoms with Gasteiger partial charge in [-0.05, 0) is 42.5 Å². The first kappa shape index (κ1) is 18.1. The van der Waals surface area contributed by atoms with Crippen molar-refractivity contribution >= 4 is 12.4 Å². The van der Waals surface area contributed by atoms with Crippen LogP contribution in [-0.4, -0.2) is 16.2 Å². The third kappa shape index (κ3) is 5.43. The van der Waals surface area contributed by atoms with Gasteiger partial charge in [-0.15, -0.1) is 12.4 Å². The Balaban J connectivity index is 0.00000208. The van der Waals surface area contributed by atoms with Crippen LogP contribution < -0.4 is 4.74 Å². The molecule has 0 unspecified atom stereocenters. The van der Waals surface area contributed by atoms with Crippen LogP contribution in [0, 0.1) is 0 Å². The summed E-state index contributed by atoms with van der Waals surface area (Å²) < 4.78 is 7.93. The fraction of sp³-hybridized carbons (Fsp3) is 0.250. The smallest absolute Gasteiger partial charge is 0.119 e. The quantitative estimate of drug-likeness (QED) is 0.525. The normalized spacial score (nSPS) is 10.2. The summed E-state index contributed by atoms with van der Waals surface area (Å²) in [5, 5.41) is 0. The van der Waals surface area contributed by atoms with Crippen LogP contribution in [0.1, 0.15) is 19.3 Å². The molecule has 0 atom stereocenters. The van der Waals surface area contributed by atoms with Crippen LogP contribution >= 0.6 is 12.4 Å². The minimum atomic E-state index is 0. The molecule has 0 spiro atoms. The molecule has 4 heteroatoms. The first-order valence-electron chi connectivity index (χ1n) is 8.16. The minimum absolute atomic E-state index is 0. The number of hydrogen-bond acceptors (Lipinski definition) is 2. The SMILES string of the molecule is Cl.c1ccc(-c2ccc(OCCCCCn3ccnc3)cc2)cc1. The second-order valence-electron chi connectivity index (χ2n) is 5.60. The summed E-state index contributed by atoms with van der Waals surface area (Å²) in [7, 11) is 0. The van der Waals surface area contributed by atoms with E-state index in [1.807, 2.05) is 36.9 Å². The van der Waals surface area contributed by atoms with E-state index in [9.17, 15) is 0 Å². The number of halogens is 1. The summed E-state index contributed by atoms with van der Waals surface area (Å²) in [6.45, 7) is 1.81. The van der Waals surface area contributed by atoms with E-state index in [1.54, 1.807) is 0 Å². The maximum absolute atomic E-state index is 5.82. The highest BCUT2D eigenvalue weighted by molar-refractivity contribution is 5.85. The number of rotatable bonds is 8. The molecule has 0 aliphatic carbocycles. The molecule has 2 aromatic carbocycles. The van der Waals surface area contributed by atoms with E-state index in [2.05, 4.69) is 45.9 Å². The minimum Gasteiger partial charge on any atom is -0.494 e. The topological polar surface area (TPSA) is 27.1 Å². The monoisotopic (exact) mass is 342 g/mol. The molecule has 24 heavy (non-hydrogen) atoms. The molecule has 0 aliphatic rings. The highest BCUT2D eigenvalue weighted by Gasteiger charge is 1.98. The van der Waals surface area contributed by atoms with Crippen molar-refractivity contribution in [3.8, 4) is 16.9 Å². The van der Waals surface area contributed by atoms with Gasteiger partial charge in [-0.25, -0.2) is 4.98 Å². The molecule has 1 heterocycles. The van der Waals surface area contributed by atoms with Crippen LogP contribution in [0.2, 0.25) is 0 Å².